The normalized spacial score (nSPS) is 12.8. The molecular weight excluding hydrogens is 440 g/mol. The van der Waals surface area contributed by atoms with Crippen LogP contribution in [0.15, 0.2) is 33.1 Å². The fourth-order valence-electron chi connectivity index (χ4n) is 3.09. The number of anilines is 2. The van der Waals surface area contributed by atoms with Crippen LogP contribution >= 0.6 is 23.1 Å². The Hall–Kier alpha value is -3.12. The van der Waals surface area contributed by atoms with Crippen molar-refractivity contribution in [3.63, 3.8) is 0 Å². The zero-order chi connectivity index (χ0) is 21.6. The second-order valence-electron chi connectivity index (χ2n) is 6.47. The summed E-state index contributed by atoms with van der Waals surface area (Å²) in [5.74, 6) is 0.401. The van der Waals surface area contributed by atoms with E-state index < -0.39 is 0 Å². The van der Waals surface area contributed by atoms with Crippen molar-refractivity contribution in [1.29, 1.82) is 0 Å². The summed E-state index contributed by atoms with van der Waals surface area (Å²) < 4.78 is 10.3. The fourth-order valence-corrected chi connectivity index (χ4v) is 4.98. The number of H-pyrrole nitrogens is 1. The van der Waals surface area contributed by atoms with E-state index in [1.807, 2.05) is 0 Å². The minimum Gasteiger partial charge on any atom is -0.463 e. The highest BCUT2D eigenvalue weighted by molar-refractivity contribution is 7.99. The number of hydrogen-bond acceptors (Lipinski definition) is 10. The van der Waals surface area contributed by atoms with Gasteiger partial charge in [-0.2, -0.15) is 10.1 Å². The summed E-state index contributed by atoms with van der Waals surface area (Å²) in [7, 11) is 0. The molecule has 1 amide bonds. The van der Waals surface area contributed by atoms with Crippen LogP contribution in [0.1, 0.15) is 39.9 Å². The van der Waals surface area contributed by atoms with Crippen LogP contribution in [0.25, 0.3) is 0 Å². The Morgan fingerprint density at radius 1 is 1.45 bits per heavy atom. The zero-order valence-corrected chi connectivity index (χ0v) is 18.3. The SMILES string of the molecule is CCOC(=O)c1c(NC(=O)CSc2n[nH]c(N/N=C\c3ccco3)n2)sc2c1CCC2. The van der Waals surface area contributed by atoms with Gasteiger partial charge in [-0.25, -0.2) is 15.3 Å². The van der Waals surface area contributed by atoms with Gasteiger partial charge >= 0.3 is 5.97 Å². The number of aromatic nitrogens is 3. The van der Waals surface area contributed by atoms with E-state index in [0.717, 1.165) is 29.7 Å². The first kappa shape index (κ1) is 21.1. The third-order valence-electron chi connectivity index (χ3n) is 4.36. The Bertz CT molecular complexity index is 1090. The van der Waals surface area contributed by atoms with Crippen LogP contribution in [0.5, 0.6) is 0 Å². The number of thioether (sulfide) groups is 1. The first-order chi connectivity index (χ1) is 15.1. The molecule has 1 aliphatic carbocycles. The third-order valence-corrected chi connectivity index (χ3v) is 6.41. The van der Waals surface area contributed by atoms with Crippen LogP contribution in [0.4, 0.5) is 10.9 Å². The van der Waals surface area contributed by atoms with E-state index in [0.29, 0.717) is 34.0 Å². The number of rotatable bonds is 9. The molecule has 3 N–H and O–H groups in total. The van der Waals surface area contributed by atoms with Gasteiger partial charge in [0.15, 0.2) is 0 Å². The molecule has 0 fully saturated rings. The van der Waals surface area contributed by atoms with Gasteiger partial charge in [-0.15, -0.1) is 16.4 Å². The van der Waals surface area contributed by atoms with E-state index in [-0.39, 0.29) is 17.6 Å². The van der Waals surface area contributed by atoms with Gasteiger partial charge in [0.25, 0.3) is 0 Å². The summed E-state index contributed by atoms with van der Waals surface area (Å²) in [4.78, 5) is 30.2. The van der Waals surface area contributed by atoms with Gasteiger partial charge < -0.3 is 14.5 Å². The summed E-state index contributed by atoms with van der Waals surface area (Å²) in [6, 6.07) is 3.52. The number of furan rings is 1. The molecule has 0 saturated carbocycles. The quantitative estimate of drug-likeness (QED) is 0.192. The number of nitrogens with one attached hydrogen (secondary N) is 3. The van der Waals surface area contributed by atoms with Gasteiger partial charge in [0.05, 0.1) is 30.4 Å². The monoisotopic (exact) mass is 460 g/mol. The Kier molecular flexibility index (Phi) is 6.67. The Morgan fingerprint density at radius 3 is 3.16 bits per heavy atom. The number of carbonyl (C=O) groups excluding carboxylic acids is 2. The molecule has 10 nitrogen and oxygen atoms in total. The average molecular weight is 461 g/mol. The van der Waals surface area contributed by atoms with Crippen molar-refractivity contribution >= 4 is 52.1 Å². The maximum absolute atomic E-state index is 12.5. The highest BCUT2D eigenvalue weighted by Crippen LogP contribution is 2.39. The van der Waals surface area contributed by atoms with Crippen LogP contribution in [0.2, 0.25) is 0 Å². The van der Waals surface area contributed by atoms with Crippen LogP contribution in [0, 0.1) is 0 Å². The second kappa shape index (κ2) is 9.79. The third kappa shape index (κ3) is 5.14. The van der Waals surface area contributed by atoms with E-state index >= 15 is 0 Å². The summed E-state index contributed by atoms with van der Waals surface area (Å²) in [5.41, 5.74) is 4.20. The summed E-state index contributed by atoms with van der Waals surface area (Å²) in [6.45, 7) is 2.06. The summed E-state index contributed by atoms with van der Waals surface area (Å²) in [6.07, 6.45) is 5.83. The molecule has 0 radical (unpaired) electrons. The van der Waals surface area contributed by atoms with E-state index in [9.17, 15) is 9.59 Å². The molecule has 0 bridgehead atoms. The van der Waals surface area contributed by atoms with Crippen LogP contribution in [0.3, 0.4) is 0 Å². The Balaban J connectivity index is 1.32. The molecule has 0 unspecified atom stereocenters. The number of aryl methyl sites for hydroxylation is 1. The minimum absolute atomic E-state index is 0.0950. The maximum atomic E-state index is 12.5. The molecule has 3 aromatic rings. The van der Waals surface area contributed by atoms with Crippen molar-refractivity contribution in [1.82, 2.24) is 15.2 Å². The maximum Gasteiger partial charge on any atom is 0.341 e. The largest absolute Gasteiger partial charge is 0.463 e. The van der Waals surface area contributed by atoms with Crippen molar-refractivity contribution in [3.05, 3.63) is 40.2 Å². The minimum atomic E-state index is -0.385. The number of thiophene rings is 1. The van der Waals surface area contributed by atoms with E-state index in [4.69, 9.17) is 9.15 Å². The Morgan fingerprint density at radius 2 is 2.35 bits per heavy atom. The fraction of sp³-hybridized carbons (Fsp3) is 0.316. The van der Waals surface area contributed by atoms with Gasteiger partial charge in [-0.3, -0.25) is 4.79 Å². The lowest BCUT2D eigenvalue weighted by Crippen LogP contribution is -2.16. The van der Waals surface area contributed by atoms with Gasteiger partial charge in [-0.05, 0) is 43.9 Å². The lowest BCUT2D eigenvalue weighted by Gasteiger charge is -2.07. The molecule has 0 aliphatic heterocycles. The molecule has 3 aromatic heterocycles. The van der Waals surface area contributed by atoms with Crippen molar-refractivity contribution in [3.8, 4) is 0 Å². The number of carbonyl (C=O) groups is 2. The van der Waals surface area contributed by atoms with Crippen LogP contribution in [-0.4, -0.2) is 45.6 Å². The molecular formula is C19H20N6O4S2. The molecule has 4 rings (SSSR count). The first-order valence-corrected chi connectivity index (χ1v) is 11.4. The van der Waals surface area contributed by atoms with Crippen LogP contribution < -0.4 is 10.7 Å². The van der Waals surface area contributed by atoms with E-state index in [1.54, 1.807) is 25.3 Å². The number of hydrogen-bond donors (Lipinski definition) is 3. The smallest absolute Gasteiger partial charge is 0.341 e. The predicted octanol–water partition coefficient (Wildman–Crippen LogP) is 3.30. The number of hydrazone groups is 1. The molecule has 0 aromatic carbocycles. The average Bonchev–Trinajstić information content (AvgIpc) is 3.52. The number of fused-ring (bicyclic) bond motifs is 1. The number of nitrogens with zero attached hydrogens (tertiary/aromatic N) is 3. The predicted molar refractivity (Wildman–Crippen MR) is 118 cm³/mol. The van der Waals surface area contributed by atoms with Crippen molar-refractivity contribution in [2.75, 3.05) is 23.1 Å². The summed E-state index contributed by atoms with van der Waals surface area (Å²) in [5, 5.41) is 14.5. The molecule has 12 heteroatoms. The molecule has 162 valence electrons. The van der Waals surface area contributed by atoms with Gasteiger partial charge in [0.2, 0.25) is 17.0 Å². The molecule has 1 aliphatic rings. The van der Waals surface area contributed by atoms with Crippen molar-refractivity contribution in [2.24, 2.45) is 5.10 Å². The second-order valence-corrected chi connectivity index (χ2v) is 8.52. The highest BCUT2D eigenvalue weighted by Gasteiger charge is 2.28. The molecule has 0 spiro atoms. The van der Waals surface area contributed by atoms with E-state index in [2.05, 4.69) is 31.0 Å². The summed E-state index contributed by atoms with van der Waals surface area (Å²) >= 11 is 2.62. The van der Waals surface area contributed by atoms with Gasteiger partial charge in [0, 0.05) is 4.88 Å². The van der Waals surface area contributed by atoms with Gasteiger partial charge in [-0.1, -0.05) is 11.8 Å². The van der Waals surface area contributed by atoms with Crippen molar-refractivity contribution < 1.29 is 18.7 Å². The topological polar surface area (TPSA) is 134 Å². The highest BCUT2D eigenvalue weighted by atomic mass is 32.2. The van der Waals surface area contributed by atoms with Gasteiger partial charge in [0.1, 0.15) is 10.8 Å². The lowest BCUT2D eigenvalue weighted by atomic mass is 10.1. The zero-order valence-electron chi connectivity index (χ0n) is 16.6. The molecule has 3 heterocycles. The first-order valence-electron chi connectivity index (χ1n) is 9.63. The van der Waals surface area contributed by atoms with Crippen molar-refractivity contribution in [2.45, 2.75) is 31.3 Å². The number of amides is 1. The number of esters is 1. The number of aromatic amines is 1. The van der Waals surface area contributed by atoms with Crippen LogP contribution in [-0.2, 0) is 22.4 Å². The van der Waals surface area contributed by atoms with E-state index in [1.165, 1.54) is 29.3 Å². The standard InChI is InChI=1S/C19H20N6O4S2/c1-2-28-17(27)15-12-6-3-7-13(12)31-16(15)21-14(26)10-30-19-22-18(24-25-19)23-20-9-11-5-4-8-29-11/h4-5,8-9H,2-3,6-7,10H2,1H3,(H,21,26)(H2,22,23,24,25)/b20-9-. The molecule has 0 saturated heterocycles. The Labute approximate surface area is 185 Å². The molecule has 31 heavy (non-hydrogen) atoms. The lowest BCUT2D eigenvalue weighted by molar-refractivity contribution is -0.113. The molecule has 0 atom stereocenters. The number of ether oxygens (including phenoxy) is 1.